The second-order valence-electron chi connectivity index (χ2n) is 9.45. The first-order valence-electron chi connectivity index (χ1n) is 10.6. The van der Waals surface area contributed by atoms with Crippen molar-refractivity contribution in [1.82, 2.24) is 8.87 Å². The number of amides is 1. The minimum absolute atomic E-state index is 0.217. The Morgan fingerprint density at radius 1 is 1.12 bits per heavy atom. The maximum Gasteiger partial charge on any atom is 0.407 e. The number of rotatable bonds is 2. The number of benzene rings is 2. The standard InChI is InChI=1S/C24H27BrN2O4S/c1-15-7-10-17(11-8-15)32(30,31)27-19-6-5-13-26(23(28)29)22(24(2,3)4)21(19)18-12-9-16(25)14-20(18)27/h7-12,14,22H,5-6,13H2,1-4H3,(H,28,29). The van der Waals surface area contributed by atoms with Crippen molar-refractivity contribution in [3.05, 3.63) is 63.8 Å². The van der Waals surface area contributed by atoms with Gasteiger partial charge in [-0.2, -0.15) is 0 Å². The van der Waals surface area contributed by atoms with Crippen molar-refractivity contribution >= 4 is 42.9 Å². The molecule has 1 amide bonds. The van der Waals surface area contributed by atoms with E-state index in [1.165, 1.54) is 8.87 Å². The smallest absolute Gasteiger partial charge is 0.407 e. The van der Waals surface area contributed by atoms with Crippen molar-refractivity contribution in [2.24, 2.45) is 5.41 Å². The van der Waals surface area contributed by atoms with E-state index in [4.69, 9.17) is 0 Å². The average Bonchev–Trinajstić information content (AvgIpc) is 2.86. The molecular weight excluding hydrogens is 492 g/mol. The Morgan fingerprint density at radius 3 is 2.38 bits per heavy atom. The van der Waals surface area contributed by atoms with Crippen LogP contribution >= 0.6 is 15.9 Å². The summed E-state index contributed by atoms with van der Waals surface area (Å²) in [6, 6.07) is 11.9. The number of carboxylic acid groups (broad SMARTS) is 1. The molecule has 0 saturated heterocycles. The number of aryl methyl sites for hydroxylation is 1. The topological polar surface area (TPSA) is 79.6 Å². The third-order valence-corrected chi connectivity index (χ3v) is 8.31. The van der Waals surface area contributed by atoms with E-state index in [0.717, 1.165) is 21.0 Å². The Balaban J connectivity index is 2.11. The molecule has 3 aromatic rings. The van der Waals surface area contributed by atoms with Gasteiger partial charge in [0.2, 0.25) is 0 Å². The summed E-state index contributed by atoms with van der Waals surface area (Å²) in [5, 5.41) is 10.8. The van der Waals surface area contributed by atoms with Gasteiger partial charge in [-0.25, -0.2) is 17.2 Å². The molecule has 4 rings (SSSR count). The van der Waals surface area contributed by atoms with E-state index in [2.05, 4.69) is 15.9 Å². The zero-order chi connectivity index (χ0) is 23.4. The maximum absolute atomic E-state index is 13.9. The summed E-state index contributed by atoms with van der Waals surface area (Å²) in [6.07, 6.45) is 0.0350. The maximum atomic E-state index is 13.9. The van der Waals surface area contributed by atoms with Crippen LogP contribution in [0.2, 0.25) is 0 Å². The van der Waals surface area contributed by atoms with E-state index in [1.807, 2.05) is 39.8 Å². The minimum Gasteiger partial charge on any atom is -0.465 e. The third kappa shape index (κ3) is 3.73. The van der Waals surface area contributed by atoms with E-state index in [0.29, 0.717) is 30.6 Å². The Morgan fingerprint density at radius 2 is 1.78 bits per heavy atom. The van der Waals surface area contributed by atoms with E-state index in [1.54, 1.807) is 30.3 Å². The van der Waals surface area contributed by atoms with Crippen molar-refractivity contribution in [1.29, 1.82) is 0 Å². The predicted molar refractivity (Wildman–Crippen MR) is 129 cm³/mol. The van der Waals surface area contributed by atoms with E-state index in [-0.39, 0.29) is 4.90 Å². The van der Waals surface area contributed by atoms with Crippen LogP contribution in [0.5, 0.6) is 0 Å². The van der Waals surface area contributed by atoms with Gasteiger partial charge in [-0.3, -0.25) is 0 Å². The molecule has 0 radical (unpaired) electrons. The second kappa shape index (κ2) is 7.92. The molecule has 32 heavy (non-hydrogen) atoms. The molecule has 2 aromatic carbocycles. The predicted octanol–water partition coefficient (Wildman–Crippen LogP) is 5.96. The van der Waals surface area contributed by atoms with Crippen LogP contribution in [0, 0.1) is 12.3 Å². The fraction of sp³-hybridized carbons (Fsp3) is 0.375. The van der Waals surface area contributed by atoms with Gasteiger partial charge in [-0.05, 0) is 49.4 Å². The summed E-state index contributed by atoms with van der Waals surface area (Å²) in [4.78, 5) is 13.9. The van der Waals surface area contributed by atoms with Crippen molar-refractivity contribution in [2.45, 2.75) is 51.5 Å². The summed E-state index contributed by atoms with van der Waals surface area (Å²) < 4.78 is 30.0. The SMILES string of the molecule is Cc1ccc(S(=O)(=O)n2c3c(c4ccc(Br)cc42)C(C(C)(C)C)N(C(=O)O)CCC3)cc1. The highest BCUT2D eigenvalue weighted by Crippen LogP contribution is 2.47. The molecular formula is C24H27BrN2O4S. The van der Waals surface area contributed by atoms with E-state index < -0.39 is 27.6 Å². The Kier molecular flexibility index (Phi) is 5.66. The lowest BCUT2D eigenvalue weighted by molar-refractivity contribution is 0.0844. The Labute approximate surface area is 197 Å². The zero-order valence-electron chi connectivity index (χ0n) is 18.6. The van der Waals surface area contributed by atoms with Crippen LogP contribution in [-0.4, -0.2) is 35.0 Å². The number of hydrogen-bond acceptors (Lipinski definition) is 3. The monoisotopic (exact) mass is 518 g/mol. The molecule has 0 bridgehead atoms. The van der Waals surface area contributed by atoms with Crippen LogP contribution in [0.3, 0.4) is 0 Å². The van der Waals surface area contributed by atoms with Gasteiger partial charge in [0.05, 0.1) is 16.5 Å². The number of hydrogen-bond donors (Lipinski definition) is 1. The minimum atomic E-state index is -3.89. The summed E-state index contributed by atoms with van der Waals surface area (Å²) in [5.74, 6) is 0. The van der Waals surface area contributed by atoms with Crippen molar-refractivity contribution in [3.63, 3.8) is 0 Å². The fourth-order valence-corrected chi connectivity index (χ4v) is 6.68. The molecule has 1 aliphatic heterocycles. The molecule has 0 aliphatic carbocycles. The van der Waals surface area contributed by atoms with Crippen LogP contribution < -0.4 is 0 Å². The summed E-state index contributed by atoms with van der Waals surface area (Å²) in [6.45, 7) is 8.27. The lowest BCUT2D eigenvalue weighted by Gasteiger charge is -2.38. The number of aromatic nitrogens is 1. The molecule has 1 aliphatic rings. The number of fused-ring (bicyclic) bond motifs is 3. The molecule has 2 heterocycles. The molecule has 0 saturated carbocycles. The Hall–Kier alpha value is -2.32. The largest absolute Gasteiger partial charge is 0.465 e. The van der Waals surface area contributed by atoms with Gasteiger partial charge >= 0.3 is 6.09 Å². The number of nitrogens with zero attached hydrogens (tertiary/aromatic N) is 2. The van der Waals surface area contributed by atoms with Crippen LogP contribution in [0.1, 0.15) is 50.1 Å². The molecule has 1 N–H and O–H groups in total. The third-order valence-electron chi connectivity index (χ3n) is 6.05. The molecule has 0 spiro atoms. The lowest BCUT2D eigenvalue weighted by Crippen LogP contribution is -2.40. The molecule has 8 heteroatoms. The highest BCUT2D eigenvalue weighted by atomic mass is 79.9. The average molecular weight is 519 g/mol. The van der Waals surface area contributed by atoms with E-state index in [9.17, 15) is 18.3 Å². The van der Waals surface area contributed by atoms with Crippen LogP contribution in [-0.2, 0) is 16.4 Å². The lowest BCUT2D eigenvalue weighted by atomic mass is 9.80. The summed E-state index contributed by atoms with van der Waals surface area (Å²) in [5.41, 5.74) is 2.56. The Bertz CT molecular complexity index is 1300. The van der Waals surface area contributed by atoms with Crippen molar-refractivity contribution in [2.75, 3.05) is 6.54 Å². The molecule has 1 atom stereocenters. The quantitative estimate of drug-likeness (QED) is 0.453. The van der Waals surface area contributed by atoms with Gasteiger partial charge in [-0.1, -0.05) is 60.5 Å². The first-order valence-corrected chi connectivity index (χ1v) is 12.8. The first kappa shape index (κ1) is 22.9. The summed E-state index contributed by atoms with van der Waals surface area (Å²) in [7, 11) is -3.89. The fourth-order valence-electron chi connectivity index (χ4n) is 4.75. The number of carbonyl (C=O) groups is 1. The molecule has 170 valence electrons. The highest BCUT2D eigenvalue weighted by Gasteiger charge is 2.41. The molecule has 6 nitrogen and oxygen atoms in total. The normalized spacial score (nSPS) is 17.3. The van der Waals surface area contributed by atoms with Gasteiger partial charge in [0.1, 0.15) is 0 Å². The van der Waals surface area contributed by atoms with Gasteiger partial charge < -0.3 is 10.0 Å². The zero-order valence-corrected chi connectivity index (χ0v) is 21.0. The van der Waals surface area contributed by atoms with E-state index >= 15 is 0 Å². The van der Waals surface area contributed by atoms with Gasteiger partial charge in [0.15, 0.2) is 0 Å². The van der Waals surface area contributed by atoms with Gasteiger partial charge in [0, 0.05) is 27.7 Å². The van der Waals surface area contributed by atoms with Crippen LogP contribution in [0.25, 0.3) is 10.9 Å². The molecule has 1 unspecified atom stereocenters. The van der Waals surface area contributed by atoms with Crippen molar-refractivity contribution < 1.29 is 18.3 Å². The van der Waals surface area contributed by atoms with Crippen LogP contribution in [0.15, 0.2) is 51.8 Å². The molecule has 1 aromatic heterocycles. The van der Waals surface area contributed by atoms with Crippen molar-refractivity contribution in [3.8, 4) is 0 Å². The highest BCUT2D eigenvalue weighted by molar-refractivity contribution is 9.10. The van der Waals surface area contributed by atoms with Gasteiger partial charge in [0.25, 0.3) is 10.0 Å². The molecule has 0 fully saturated rings. The number of halogens is 1. The van der Waals surface area contributed by atoms with Gasteiger partial charge in [-0.15, -0.1) is 0 Å². The van der Waals surface area contributed by atoms with Crippen LogP contribution in [0.4, 0.5) is 4.79 Å². The summed E-state index contributed by atoms with van der Waals surface area (Å²) >= 11 is 3.48. The first-order chi connectivity index (χ1) is 14.9. The second-order valence-corrected chi connectivity index (χ2v) is 12.2.